The highest BCUT2D eigenvalue weighted by atomic mass is 16.2. The van der Waals surface area contributed by atoms with Gasteiger partial charge in [-0.2, -0.15) is 0 Å². The molecule has 2 aromatic rings. The van der Waals surface area contributed by atoms with Gasteiger partial charge >= 0.3 is 0 Å². The van der Waals surface area contributed by atoms with Crippen LogP contribution in [0.25, 0.3) is 0 Å². The molecule has 1 heterocycles. The standard InChI is InChI=1S/C24H31N5O2/c1-25-24(28-17-22(30)26-15-20-10-6-3-7-11-20)27-16-21-14-23(31)29(18-21)13-12-19-8-4-2-5-9-19/h2-11,21H,12-18H2,1H3,(H,26,30)(H2,25,27,28). The molecule has 0 aliphatic carbocycles. The number of guanidine groups is 1. The van der Waals surface area contributed by atoms with Gasteiger partial charge in [0.05, 0.1) is 6.54 Å². The van der Waals surface area contributed by atoms with Gasteiger partial charge in [-0.1, -0.05) is 60.7 Å². The van der Waals surface area contributed by atoms with Gasteiger partial charge in [0.15, 0.2) is 5.96 Å². The van der Waals surface area contributed by atoms with Gasteiger partial charge in [-0.3, -0.25) is 14.6 Å². The highest BCUT2D eigenvalue weighted by Gasteiger charge is 2.29. The van der Waals surface area contributed by atoms with Crippen LogP contribution >= 0.6 is 0 Å². The van der Waals surface area contributed by atoms with E-state index in [0.29, 0.717) is 25.5 Å². The molecule has 31 heavy (non-hydrogen) atoms. The van der Waals surface area contributed by atoms with Crippen molar-refractivity contribution in [1.29, 1.82) is 0 Å². The van der Waals surface area contributed by atoms with Crippen molar-refractivity contribution in [1.82, 2.24) is 20.9 Å². The molecule has 1 unspecified atom stereocenters. The highest BCUT2D eigenvalue weighted by molar-refractivity contribution is 5.86. The Morgan fingerprint density at radius 1 is 1.00 bits per heavy atom. The first-order valence-corrected chi connectivity index (χ1v) is 10.7. The summed E-state index contributed by atoms with van der Waals surface area (Å²) >= 11 is 0. The van der Waals surface area contributed by atoms with Crippen molar-refractivity contribution in [3.8, 4) is 0 Å². The van der Waals surface area contributed by atoms with Gasteiger partial charge in [0.25, 0.3) is 0 Å². The van der Waals surface area contributed by atoms with Crippen LogP contribution in [0.15, 0.2) is 65.7 Å². The van der Waals surface area contributed by atoms with E-state index >= 15 is 0 Å². The summed E-state index contributed by atoms with van der Waals surface area (Å²) in [7, 11) is 1.67. The molecule has 7 nitrogen and oxygen atoms in total. The Labute approximate surface area is 183 Å². The van der Waals surface area contributed by atoms with E-state index in [9.17, 15) is 9.59 Å². The molecule has 0 aromatic heterocycles. The second-order valence-electron chi connectivity index (χ2n) is 7.71. The van der Waals surface area contributed by atoms with Crippen LogP contribution in [0.2, 0.25) is 0 Å². The number of hydrogen-bond acceptors (Lipinski definition) is 3. The van der Waals surface area contributed by atoms with Crippen molar-refractivity contribution in [3.63, 3.8) is 0 Å². The van der Waals surface area contributed by atoms with E-state index in [1.807, 2.05) is 53.4 Å². The summed E-state index contributed by atoms with van der Waals surface area (Å²) in [5.74, 6) is 0.889. The lowest BCUT2D eigenvalue weighted by molar-refractivity contribution is -0.127. The molecule has 0 saturated carbocycles. The van der Waals surface area contributed by atoms with Crippen molar-refractivity contribution in [2.75, 3.05) is 33.2 Å². The minimum absolute atomic E-state index is 0.102. The summed E-state index contributed by atoms with van der Waals surface area (Å²) in [6.07, 6.45) is 1.41. The quantitative estimate of drug-likeness (QED) is 0.424. The first-order valence-electron chi connectivity index (χ1n) is 10.7. The van der Waals surface area contributed by atoms with Crippen molar-refractivity contribution >= 4 is 17.8 Å². The fourth-order valence-corrected chi connectivity index (χ4v) is 3.60. The second kappa shape index (κ2) is 11.7. The van der Waals surface area contributed by atoms with Crippen molar-refractivity contribution < 1.29 is 9.59 Å². The lowest BCUT2D eigenvalue weighted by Crippen LogP contribution is -2.44. The number of carbonyl (C=O) groups is 2. The molecule has 1 aliphatic rings. The van der Waals surface area contributed by atoms with Crippen molar-refractivity contribution in [3.05, 3.63) is 71.8 Å². The first kappa shape index (κ1) is 22.3. The number of likely N-dealkylation sites (tertiary alicyclic amines) is 1. The van der Waals surface area contributed by atoms with Gasteiger partial charge in [-0.05, 0) is 17.5 Å². The SMILES string of the molecule is CN=C(NCC(=O)NCc1ccccc1)NCC1CC(=O)N(CCc2ccccc2)C1. The van der Waals surface area contributed by atoms with E-state index < -0.39 is 0 Å². The molecule has 1 atom stereocenters. The molecule has 1 aliphatic heterocycles. The molecule has 164 valence electrons. The van der Waals surface area contributed by atoms with Crippen LogP contribution in [-0.2, 0) is 22.6 Å². The molecule has 0 spiro atoms. The average Bonchev–Trinajstić information content (AvgIpc) is 3.17. The average molecular weight is 422 g/mol. The fourth-order valence-electron chi connectivity index (χ4n) is 3.60. The van der Waals surface area contributed by atoms with Crippen LogP contribution in [0, 0.1) is 5.92 Å². The Balaban J connectivity index is 1.34. The molecule has 2 amide bonds. The summed E-state index contributed by atoms with van der Waals surface area (Å²) in [6, 6.07) is 20.0. The molecular formula is C24H31N5O2. The van der Waals surface area contributed by atoms with Crippen molar-refractivity contribution in [2.24, 2.45) is 10.9 Å². The van der Waals surface area contributed by atoms with Gasteiger partial charge in [0, 0.05) is 45.6 Å². The topological polar surface area (TPSA) is 85.8 Å². The maximum Gasteiger partial charge on any atom is 0.239 e. The van der Waals surface area contributed by atoms with E-state index in [1.54, 1.807) is 7.05 Å². The third-order valence-electron chi connectivity index (χ3n) is 5.34. The molecule has 3 N–H and O–H groups in total. The molecule has 7 heteroatoms. The minimum Gasteiger partial charge on any atom is -0.356 e. The number of benzene rings is 2. The normalized spacial score (nSPS) is 16.3. The minimum atomic E-state index is -0.102. The van der Waals surface area contributed by atoms with Gasteiger partial charge in [0.2, 0.25) is 11.8 Å². The summed E-state index contributed by atoms with van der Waals surface area (Å²) in [5.41, 5.74) is 2.30. The third kappa shape index (κ3) is 7.44. The highest BCUT2D eigenvalue weighted by Crippen LogP contribution is 2.17. The number of nitrogens with zero attached hydrogens (tertiary/aromatic N) is 2. The Bertz CT molecular complexity index is 870. The molecular weight excluding hydrogens is 390 g/mol. The molecule has 0 radical (unpaired) electrons. The fraction of sp³-hybridized carbons (Fsp3) is 0.375. The monoisotopic (exact) mass is 421 g/mol. The Kier molecular flexibility index (Phi) is 8.46. The Morgan fingerprint density at radius 3 is 2.35 bits per heavy atom. The summed E-state index contributed by atoms with van der Waals surface area (Å²) < 4.78 is 0. The molecule has 0 bridgehead atoms. The predicted molar refractivity (Wildman–Crippen MR) is 122 cm³/mol. The lowest BCUT2D eigenvalue weighted by Gasteiger charge is -2.18. The van der Waals surface area contributed by atoms with Crippen LogP contribution in [0.3, 0.4) is 0 Å². The number of nitrogens with one attached hydrogen (secondary N) is 3. The number of amides is 2. The van der Waals surface area contributed by atoms with Crippen LogP contribution in [0.4, 0.5) is 0 Å². The predicted octanol–water partition coefficient (Wildman–Crippen LogP) is 1.56. The summed E-state index contributed by atoms with van der Waals surface area (Å²) in [5, 5.41) is 9.14. The lowest BCUT2D eigenvalue weighted by atomic mass is 10.1. The van der Waals surface area contributed by atoms with Gasteiger partial charge in [-0.15, -0.1) is 0 Å². The molecule has 1 fully saturated rings. The van der Waals surface area contributed by atoms with E-state index in [0.717, 1.165) is 25.1 Å². The molecule has 1 saturated heterocycles. The summed E-state index contributed by atoms with van der Waals surface area (Å²) in [4.78, 5) is 30.5. The zero-order chi connectivity index (χ0) is 21.9. The largest absolute Gasteiger partial charge is 0.356 e. The van der Waals surface area contributed by atoms with E-state index in [4.69, 9.17) is 0 Å². The van der Waals surface area contributed by atoms with Crippen molar-refractivity contribution in [2.45, 2.75) is 19.4 Å². The maximum atomic E-state index is 12.3. The smallest absolute Gasteiger partial charge is 0.239 e. The molecule has 2 aromatic carbocycles. The number of hydrogen-bond donors (Lipinski definition) is 3. The number of aliphatic imine (C=N–C) groups is 1. The van der Waals surface area contributed by atoms with E-state index in [2.05, 4.69) is 33.1 Å². The van der Waals surface area contributed by atoms with Crippen LogP contribution < -0.4 is 16.0 Å². The number of rotatable bonds is 9. The zero-order valence-electron chi connectivity index (χ0n) is 18.0. The molecule has 3 rings (SSSR count). The zero-order valence-corrected chi connectivity index (χ0v) is 18.0. The third-order valence-corrected chi connectivity index (χ3v) is 5.34. The van der Waals surface area contributed by atoms with E-state index in [1.165, 1.54) is 5.56 Å². The van der Waals surface area contributed by atoms with Crippen LogP contribution in [0.5, 0.6) is 0 Å². The van der Waals surface area contributed by atoms with Crippen LogP contribution in [0.1, 0.15) is 17.5 Å². The van der Waals surface area contributed by atoms with Gasteiger partial charge < -0.3 is 20.9 Å². The van der Waals surface area contributed by atoms with E-state index in [-0.39, 0.29) is 24.3 Å². The first-order chi connectivity index (χ1) is 15.1. The van der Waals surface area contributed by atoms with Gasteiger partial charge in [-0.25, -0.2) is 0 Å². The summed E-state index contributed by atoms with van der Waals surface area (Å²) in [6.45, 7) is 2.76. The maximum absolute atomic E-state index is 12.3. The Hall–Kier alpha value is -3.35. The number of carbonyl (C=O) groups excluding carboxylic acids is 2. The second-order valence-corrected chi connectivity index (χ2v) is 7.71. The Morgan fingerprint density at radius 2 is 1.68 bits per heavy atom. The van der Waals surface area contributed by atoms with Gasteiger partial charge in [0.1, 0.15) is 0 Å². The van der Waals surface area contributed by atoms with Crippen LogP contribution in [-0.4, -0.2) is 55.9 Å².